The first-order valence-electron chi connectivity index (χ1n) is 3.94. The molecule has 1 amide bonds. The summed E-state index contributed by atoms with van der Waals surface area (Å²) in [4.78, 5) is 16.0. The zero-order valence-electron chi connectivity index (χ0n) is 7.59. The maximum atomic E-state index is 11.6. The number of halogens is 2. The summed E-state index contributed by atoms with van der Waals surface area (Å²) >= 11 is 12.7. The maximum absolute atomic E-state index is 11.6. The highest BCUT2D eigenvalue weighted by molar-refractivity contribution is 7.11. The predicted octanol–water partition coefficient (Wildman–Crippen LogP) is 2.11. The van der Waals surface area contributed by atoms with E-state index < -0.39 is 5.54 Å². The Morgan fingerprint density at radius 2 is 2.29 bits per heavy atom. The summed E-state index contributed by atoms with van der Waals surface area (Å²) in [6, 6.07) is 0. The molecule has 1 aromatic rings. The van der Waals surface area contributed by atoms with Gasteiger partial charge in [-0.25, -0.2) is 0 Å². The van der Waals surface area contributed by atoms with Crippen molar-refractivity contribution in [3.63, 3.8) is 0 Å². The van der Waals surface area contributed by atoms with Crippen LogP contribution >= 0.6 is 34.5 Å². The van der Waals surface area contributed by atoms with E-state index >= 15 is 0 Å². The first-order valence-corrected chi connectivity index (χ1v) is 5.89. The fourth-order valence-corrected chi connectivity index (χ4v) is 1.70. The maximum Gasteiger partial charge on any atom is 0.263 e. The molecule has 0 aliphatic rings. The molecule has 3 nitrogen and oxygen atoms in total. The summed E-state index contributed by atoms with van der Waals surface area (Å²) in [6.45, 7) is 1.80. The third-order valence-electron chi connectivity index (χ3n) is 1.66. The van der Waals surface area contributed by atoms with Gasteiger partial charge in [0.05, 0.1) is 17.2 Å². The molecule has 0 unspecified atom stereocenters. The number of carbonyl (C=O) groups is 1. The zero-order chi connectivity index (χ0) is 10.6. The number of aromatic nitrogens is 1. The van der Waals surface area contributed by atoms with Crippen molar-refractivity contribution in [2.24, 2.45) is 0 Å². The van der Waals surface area contributed by atoms with Crippen molar-refractivity contribution >= 4 is 40.4 Å². The lowest BCUT2D eigenvalue weighted by molar-refractivity contribution is 0.0925. The molecule has 1 rings (SSSR count). The van der Waals surface area contributed by atoms with Crippen molar-refractivity contribution in [3.05, 3.63) is 16.6 Å². The smallest absolute Gasteiger partial charge is 0.263 e. The van der Waals surface area contributed by atoms with Crippen molar-refractivity contribution in [2.45, 2.75) is 12.5 Å². The van der Waals surface area contributed by atoms with Gasteiger partial charge in [-0.1, -0.05) is 0 Å². The van der Waals surface area contributed by atoms with Crippen LogP contribution in [-0.4, -0.2) is 28.2 Å². The molecule has 78 valence electrons. The van der Waals surface area contributed by atoms with Gasteiger partial charge in [0.1, 0.15) is 4.88 Å². The molecule has 0 fully saturated rings. The van der Waals surface area contributed by atoms with Crippen molar-refractivity contribution in [1.82, 2.24) is 10.3 Å². The lowest BCUT2D eigenvalue weighted by Gasteiger charge is -2.25. The second-order valence-corrected chi connectivity index (χ2v) is 4.57. The van der Waals surface area contributed by atoms with Crippen LogP contribution in [0.4, 0.5) is 0 Å². The van der Waals surface area contributed by atoms with Crippen LogP contribution in [0.5, 0.6) is 0 Å². The van der Waals surface area contributed by atoms with Crippen LogP contribution in [-0.2, 0) is 0 Å². The lowest BCUT2D eigenvalue weighted by atomic mass is 10.1. The number of nitrogens with one attached hydrogen (secondary N) is 1. The number of rotatable bonds is 4. The Morgan fingerprint density at radius 3 is 2.71 bits per heavy atom. The summed E-state index contributed by atoms with van der Waals surface area (Å²) in [7, 11) is 0. The molecular weight excluding hydrogens is 243 g/mol. The molecule has 0 aromatic carbocycles. The number of hydrogen-bond donors (Lipinski definition) is 1. The molecule has 0 radical (unpaired) electrons. The van der Waals surface area contributed by atoms with Crippen molar-refractivity contribution in [1.29, 1.82) is 0 Å². The summed E-state index contributed by atoms with van der Waals surface area (Å²) in [5.41, 5.74) is 1.04. The van der Waals surface area contributed by atoms with Gasteiger partial charge in [0.15, 0.2) is 0 Å². The van der Waals surface area contributed by atoms with Gasteiger partial charge >= 0.3 is 0 Å². The van der Waals surface area contributed by atoms with E-state index in [1.165, 1.54) is 17.5 Å². The normalized spacial score (nSPS) is 11.4. The number of hydrogen-bond acceptors (Lipinski definition) is 3. The van der Waals surface area contributed by atoms with E-state index in [1.54, 1.807) is 12.4 Å². The van der Waals surface area contributed by atoms with Crippen LogP contribution in [0.2, 0.25) is 0 Å². The van der Waals surface area contributed by atoms with Gasteiger partial charge < -0.3 is 5.32 Å². The third kappa shape index (κ3) is 2.83. The van der Waals surface area contributed by atoms with Gasteiger partial charge in [-0.15, -0.1) is 34.5 Å². The molecule has 0 spiro atoms. The van der Waals surface area contributed by atoms with Crippen molar-refractivity contribution < 1.29 is 4.79 Å². The molecular formula is C8H10Cl2N2OS. The Labute approximate surface area is 96.4 Å². The van der Waals surface area contributed by atoms with Crippen LogP contribution in [0.25, 0.3) is 0 Å². The Morgan fingerprint density at radius 1 is 1.64 bits per heavy atom. The molecule has 0 aliphatic heterocycles. The standard InChI is InChI=1S/C8H10Cl2N2OS/c1-8(3-9,4-10)12-7(13)6-2-11-5-14-6/h2,5H,3-4H2,1H3,(H,12,13). The summed E-state index contributed by atoms with van der Waals surface area (Å²) < 4.78 is 0. The second kappa shape index (κ2) is 4.96. The minimum absolute atomic E-state index is 0.184. The van der Waals surface area contributed by atoms with Crippen LogP contribution in [0.3, 0.4) is 0 Å². The van der Waals surface area contributed by atoms with Crippen LogP contribution < -0.4 is 5.32 Å². The fourth-order valence-electron chi connectivity index (χ4n) is 0.766. The van der Waals surface area contributed by atoms with Gasteiger partial charge in [-0.05, 0) is 6.92 Å². The van der Waals surface area contributed by atoms with E-state index in [0.29, 0.717) is 4.88 Å². The minimum atomic E-state index is -0.565. The SMILES string of the molecule is CC(CCl)(CCl)NC(=O)c1cncs1. The van der Waals surface area contributed by atoms with Crippen LogP contribution in [0, 0.1) is 0 Å². The van der Waals surface area contributed by atoms with E-state index in [9.17, 15) is 4.79 Å². The van der Waals surface area contributed by atoms with E-state index in [0.717, 1.165) is 0 Å². The minimum Gasteiger partial charge on any atom is -0.344 e. The Hall–Kier alpha value is -0.320. The molecule has 1 aromatic heterocycles. The Balaban J connectivity index is 2.65. The largest absolute Gasteiger partial charge is 0.344 e. The van der Waals surface area contributed by atoms with Crippen LogP contribution in [0.15, 0.2) is 11.7 Å². The monoisotopic (exact) mass is 252 g/mol. The van der Waals surface area contributed by atoms with Gasteiger partial charge in [-0.2, -0.15) is 0 Å². The topological polar surface area (TPSA) is 42.0 Å². The average molecular weight is 253 g/mol. The first-order chi connectivity index (χ1) is 6.61. The molecule has 0 saturated heterocycles. The Bertz CT molecular complexity index is 298. The molecule has 1 heterocycles. The summed E-state index contributed by atoms with van der Waals surface area (Å²) in [5.74, 6) is 0.374. The highest BCUT2D eigenvalue weighted by atomic mass is 35.5. The molecule has 0 saturated carbocycles. The summed E-state index contributed by atoms with van der Waals surface area (Å²) in [6.07, 6.45) is 1.52. The number of alkyl halides is 2. The third-order valence-corrected chi connectivity index (χ3v) is 3.61. The Kier molecular flexibility index (Phi) is 4.16. The van der Waals surface area contributed by atoms with Gasteiger partial charge in [0, 0.05) is 11.8 Å². The van der Waals surface area contributed by atoms with Gasteiger partial charge in [-0.3, -0.25) is 9.78 Å². The van der Waals surface area contributed by atoms with Crippen molar-refractivity contribution in [3.8, 4) is 0 Å². The number of nitrogens with zero attached hydrogens (tertiary/aromatic N) is 1. The van der Waals surface area contributed by atoms with Gasteiger partial charge in [0.25, 0.3) is 5.91 Å². The number of thiazole rings is 1. The molecule has 0 atom stereocenters. The van der Waals surface area contributed by atoms with E-state index in [2.05, 4.69) is 10.3 Å². The van der Waals surface area contributed by atoms with E-state index in [1.807, 2.05) is 0 Å². The molecule has 0 aliphatic carbocycles. The number of amides is 1. The van der Waals surface area contributed by atoms with Gasteiger partial charge in [0.2, 0.25) is 0 Å². The fraction of sp³-hybridized carbons (Fsp3) is 0.500. The summed E-state index contributed by atoms with van der Waals surface area (Å²) in [5, 5.41) is 2.76. The molecule has 0 bridgehead atoms. The molecule has 6 heteroatoms. The highest BCUT2D eigenvalue weighted by Crippen LogP contribution is 2.12. The first kappa shape index (κ1) is 11.8. The second-order valence-electron chi connectivity index (χ2n) is 3.15. The lowest BCUT2D eigenvalue weighted by Crippen LogP contribution is -2.49. The van der Waals surface area contributed by atoms with E-state index in [4.69, 9.17) is 23.2 Å². The number of carbonyl (C=O) groups excluding carboxylic acids is 1. The highest BCUT2D eigenvalue weighted by Gasteiger charge is 2.25. The zero-order valence-corrected chi connectivity index (χ0v) is 9.92. The molecule has 1 N–H and O–H groups in total. The van der Waals surface area contributed by atoms with Crippen molar-refractivity contribution in [2.75, 3.05) is 11.8 Å². The quantitative estimate of drug-likeness (QED) is 0.835. The predicted molar refractivity (Wildman–Crippen MR) is 59.4 cm³/mol. The average Bonchev–Trinajstić information content (AvgIpc) is 2.70. The molecule has 14 heavy (non-hydrogen) atoms. The van der Waals surface area contributed by atoms with E-state index in [-0.39, 0.29) is 17.7 Å². The van der Waals surface area contributed by atoms with Crippen LogP contribution in [0.1, 0.15) is 16.6 Å².